The van der Waals surface area contributed by atoms with E-state index in [1.54, 1.807) is 0 Å². The average molecular weight is 687 g/mol. The van der Waals surface area contributed by atoms with Gasteiger partial charge in [0.25, 0.3) is 0 Å². The molecule has 49 heavy (non-hydrogen) atoms. The van der Waals surface area contributed by atoms with Crippen molar-refractivity contribution in [2.45, 2.75) is 277 Å². The molecule has 0 aliphatic carbocycles. The van der Waals surface area contributed by atoms with Crippen molar-refractivity contribution in [3.63, 3.8) is 0 Å². The highest BCUT2D eigenvalue weighted by Crippen LogP contribution is 2.24. The first-order chi connectivity index (χ1) is 24.3. The SMILES string of the molecule is CCCCCCCCCCCCCCCCCCN1C=CN(CCCCCCCCCCCCCC)C1CCCCCCCCCCCC. The smallest absolute Gasteiger partial charge is 0.101 e. The number of hydrogen-bond acceptors (Lipinski definition) is 2. The van der Waals surface area contributed by atoms with Crippen LogP contribution in [0.15, 0.2) is 12.4 Å². The lowest BCUT2D eigenvalue weighted by Crippen LogP contribution is -2.39. The van der Waals surface area contributed by atoms with E-state index in [-0.39, 0.29) is 0 Å². The van der Waals surface area contributed by atoms with E-state index in [0.717, 1.165) is 0 Å². The molecule has 0 spiro atoms. The summed E-state index contributed by atoms with van der Waals surface area (Å²) in [6.07, 6.45) is 61.9. The lowest BCUT2D eigenvalue weighted by atomic mass is 10.0. The van der Waals surface area contributed by atoms with Crippen LogP contribution in [0.1, 0.15) is 271 Å². The fourth-order valence-corrected chi connectivity index (χ4v) is 8.13. The highest BCUT2D eigenvalue weighted by atomic mass is 15.4. The van der Waals surface area contributed by atoms with Gasteiger partial charge in [0.1, 0.15) is 6.17 Å². The molecule has 0 radical (unpaired) electrons. The third-order valence-corrected chi connectivity index (χ3v) is 11.6. The Hall–Kier alpha value is -0.660. The van der Waals surface area contributed by atoms with Gasteiger partial charge in [0, 0.05) is 25.5 Å². The van der Waals surface area contributed by atoms with Crippen LogP contribution in [0.5, 0.6) is 0 Å². The van der Waals surface area contributed by atoms with Gasteiger partial charge in [0.2, 0.25) is 0 Å². The Labute approximate surface area is 311 Å². The molecular weight excluding hydrogens is 593 g/mol. The summed E-state index contributed by atoms with van der Waals surface area (Å²) in [7, 11) is 0. The van der Waals surface area contributed by atoms with Crippen molar-refractivity contribution in [3.05, 3.63) is 12.4 Å². The summed E-state index contributed by atoms with van der Waals surface area (Å²) in [5.74, 6) is 0. The highest BCUT2D eigenvalue weighted by Gasteiger charge is 2.24. The van der Waals surface area contributed by atoms with Crippen LogP contribution < -0.4 is 0 Å². The number of unbranched alkanes of at least 4 members (excludes halogenated alkanes) is 35. The van der Waals surface area contributed by atoms with Gasteiger partial charge in [-0.25, -0.2) is 0 Å². The standard InChI is InChI=1S/C47H94N2/c1-4-7-10-13-16-19-22-24-25-26-27-29-32-35-38-41-44-49-46-45-48(43-40-37-34-31-28-23-20-17-14-11-8-5-2)47(49)42-39-36-33-30-21-18-15-12-9-6-3/h45-47H,4-44H2,1-3H3. The Morgan fingerprint density at radius 3 is 0.714 bits per heavy atom. The third-order valence-electron chi connectivity index (χ3n) is 11.6. The van der Waals surface area contributed by atoms with E-state index in [2.05, 4.69) is 43.0 Å². The fourth-order valence-electron chi connectivity index (χ4n) is 8.13. The van der Waals surface area contributed by atoms with Gasteiger partial charge < -0.3 is 9.80 Å². The largest absolute Gasteiger partial charge is 0.356 e. The molecule has 1 atom stereocenters. The molecule has 0 N–H and O–H groups in total. The second-order valence-electron chi connectivity index (χ2n) is 16.4. The molecule has 0 saturated heterocycles. The van der Waals surface area contributed by atoms with Crippen molar-refractivity contribution in [2.24, 2.45) is 0 Å². The minimum atomic E-state index is 0.637. The molecule has 0 bridgehead atoms. The van der Waals surface area contributed by atoms with Crippen molar-refractivity contribution in [2.75, 3.05) is 13.1 Å². The molecule has 292 valence electrons. The van der Waals surface area contributed by atoms with E-state index in [4.69, 9.17) is 0 Å². The summed E-state index contributed by atoms with van der Waals surface area (Å²) in [6.45, 7) is 9.49. The zero-order chi connectivity index (χ0) is 35.1. The van der Waals surface area contributed by atoms with Gasteiger partial charge in [0.15, 0.2) is 0 Å². The van der Waals surface area contributed by atoms with E-state index < -0.39 is 0 Å². The molecule has 0 amide bonds. The van der Waals surface area contributed by atoms with Crippen molar-refractivity contribution in [1.29, 1.82) is 0 Å². The molecule has 0 saturated carbocycles. The second kappa shape index (κ2) is 38.6. The molecule has 0 fully saturated rings. The zero-order valence-corrected chi connectivity index (χ0v) is 34.6. The topological polar surface area (TPSA) is 6.48 Å². The van der Waals surface area contributed by atoms with Gasteiger partial charge in [-0.15, -0.1) is 0 Å². The van der Waals surface area contributed by atoms with Crippen molar-refractivity contribution < 1.29 is 0 Å². The maximum Gasteiger partial charge on any atom is 0.101 e. The monoisotopic (exact) mass is 687 g/mol. The lowest BCUT2D eigenvalue weighted by Gasteiger charge is -2.33. The molecule has 1 aliphatic heterocycles. The molecule has 1 unspecified atom stereocenters. The van der Waals surface area contributed by atoms with E-state index in [1.165, 1.54) is 264 Å². The Balaban J connectivity index is 2.18. The van der Waals surface area contributed by atoms with Crippen molar-refractivity contribution in [3.8, 4) is 0 Å². The first-order valence-electron chi connectivity index (χ1n) is 23.5. The molecule has 2 heteroatoms. The fraction of sp³-hybridized carbons (Fsp3) is 0.957. The van der Waals surface area contributed by atoms with Crippen molar-refractivity contribution >= 4 is 0 Å². The molecule has 0 aromatic carbocycles. The Morgan fingerprint density at radius 1 is 0.265 bits per heavy atom. The first-order valence-corrected chi connectivity index (χ1v) is 23.5. The summed E-state index contributed by atoms with van der Waals surface area (Å²) in [6, 6.07) is 0. The Morgan fingerprint density at radius 2 is 0.469 bits per heavy atom. The molecule has 1 heterocycles. The van der Waals surface area contributed by atoms with Crippen LogP contribution >= 0.6 is 0 Å². The normalized spacial score (nSPS) is 14.6. The molecule has 0 aromatic rings. The van der Waals surface area contributed by atoms with Gasteiger partial charge in [-0.3, -0.25) is 0 Å². The molecular formula is C47H94N2. The minimum Gasteiger partial charge on any atom is -0.356 e. The predicted molar refractivity (Wildman–Crippen MR) is 223 cm³/mol. The lowest BCUT2D eigenvalue weighted by molar-refractivity contribution is 0.135. The summed E-state index contributed by atoms with van der Waals surface area (Å²) >= 11 is 0. The Kier molecular flexibility index (Phi) is 36.5. The number of hydrogen-bond donors (Lipinski definition) is 0. The summed E-state index contributed by atoms with van der Waals surface area (Å²) in [4.78, 5) is 5.47. The van der Waals surface area contributed by atoms with Gasteiger partial charge in [-0.1, -0.05) is 245 Å². The van der Waals surface area contributed by atoms with E-state index in [0.29, 0.717) is 6.17 Å². The minimum absolute atomic E-state index is 0.637. The van der Waals surface area contributed by atoms with Crippen molar-refractivity contribution in [1.82, 2.24) is 9.80 Å². The quantitative estimate of drug-likeness (QED) is 0.0591. The highest BCUT2D eigenvalue weighted by molar-refractivity contribution is 4.97. The van der Waals surface area contributed by atoms with Crippen LogP contribution in [0.25, 0.3) is 0 Å². The molecule has 1 rings (SSSR count). The number of nitrogens with zero attached hydrogens (tertiary/aromatic N) is 2. The average Bonchev–Trinajstić information content (AvgIpc) is 3.50. The zero-order valence-electron chi connectivity index (χ0n) is 34.6. The van der Waals surface area contributed by atoms with Crippen LogP contribution in [-0.2, 0) is 0 Å². The maximum atomic E-state index is 2.73. The molecule has 0 aromatic heterocycles. The van der Waals surface area contributed by atoms with Crippen LogP contribution in [0.2, 0.25) is 0 Å². The molecule has 2 nitrogen and oxygen atoms in total. The van der Waals surface area contributed by atoms with Gasteiger partial charge >= 0.3 is 0 Å². The summed E-state index contributed by atoms with van der Waals surface area (Å²) < 4.78 is 0. The van der Waals surface area contributed by atoms with Gasteiger partial charge in [0.05, 0.1) is 0 Å². The maximum absolute atomic E-state index is 2.73. The van der Waals surface area contributed by atoms with Gasteiger partial charge in [-0.2, -0.15) is 0 Å². The Bertz CT molecular complexity index is 644. The first kappa shape index (κ1) is 46.4. The van der Waals surface area contributed by atoms with Crippen LogP contribution in [0.3, 0.4) is 0 Å². The van der Waals surface area contributed by atoms with E-state index in [1.807, 2.05) is 0 Å². The van der Waals surface area contributed by atoms with Gasteiger partial charge in [-0.05, 0) is 25.7 Å². The summed E-state index contributed by atoms with van der Waals surface area (Å²) in [5.41, 5.74) is 0. The predicted octanol–water partition coefficient (Wildman–Crippen LogP) is 16.7. The van der Waals surface area contributed by atoms with Crippen LogP contribution in [0, 0.1) is 0 Å². The van der Waals surface area contributed by atoms with Crippen LogP contribution in [-0.4, -0.2) is 29.1 Å². The molecule has 1 aliphatic rings. The third kappa shape index (κ3) is 30.7. The second-order valence-corrected chi connectivity index (χ2v) is 16.4. The number of rotatable bonds is 41. The van der Waals surface area contributed by atoms with E-state index >= 15 is 0 Å². The summed E-state index contributed by atoms with van der Waals surface area (Å²) in [5, 5.41) is 0. The van der Waals surface area contributed by atoms with Crippen LogP contribution in [0.4, 0.5) is 0 Å². The van der Waals surface area contributed by atoms with E-state index in [9.17, 15) is 0 Å².